The van der Waals surface area contributed by atoms with Gasteiger partial charge in [-0.3, -0.25) is 4.98 Å². The third kappa shape index (κ3) is 2.46. The van der Waals surface area contributed by atoms with E-state index in [1.165, 1.54) is 5.56 Å². The maximum absolute atomic E-state index is 5.93. The van der Waals surface area contributed by atoms with Gasteiger partial charge in [-0.25, -0.2) is 4.98 Å². The Morgan fingerprint density at radius 2 is 2.25 bits per heavy atom. The average Bonchev–Trinajstić information content (AvgIpc) is 2.83. The summed E-state index contributed by atoms with van der Waals surface area (Å²) in [7, 11) is 0. The zero-order valence-electron chi connectivity index (χ0n) is 9.37. The zero-order valence-corrected chi connectivity index (χ0v) is 9.37. The maximum Gasteiger partial charge on any atom is 0.0992 e. The molecule has 1 atom stereocenters. The monoisotopic (exact) mass is 216 g/mol. The maximum atomic E-state index is 5.93. The van der Waals surface area contributed by atoms with E-state index in [1.807, 2.05) is 23.2 Å². The first kappa shape index (κ1) is 10.8. The van der Waals surface area contributed by atoms with Crippen LogP contribution in [-0.2, 0) is 6.42 Å². The van der Waals surface area contributed by atoms with Crippen molar-refractivity contribution in [1.82, 2.24) is 14.5 Å². The Morgan fingerprint density at radius 3 is 2.94 bits per heavy atom. The molecule has 0 spiro atoms. The van der Waals surface area contributed by atoms with Crippen LogP contribution in [0.3, 0.4) is 0 Å². The molecule has 2 aromatic heterocycles. The van der Waals surface area contributed by atoms with Crippen LogP contribution in [0.4, 0.5) is 0 Å². The van der Waals surface area contributed by atoms with E-state index < -0.39 is 0 Å². The number of aromatic nitrogens is 3. The topological polar surface area (TPSA) is 56.7 Å². The van der Waals surface area contributed by atoms with Gasteiger partial charge in [-0.1, -0.05) is 6.92 Å². The molecule has 1 unspecified atom stereocenters. The molecule has 0 fully saturated rings. The molecule has 84 valence electrons. The fourth-order valence-corrected chi connectivity index (χ4v) is 1.59. The lowest BCUT2D eigenvalue weighted by molar-refractivity contribution is 0.645. The minimum atomic E-state index is 0.208. The molecular formula is C12H16N4. The molecule has 0 aliphatic heterocycles. The summed E-state index contributed by atoms with van der Waals surface area (Å²) >= 11 is 0. The molecule has 0 amide bonds. The van der Waals surface area contributed by atoms with Crippen LogP contribution < -0.4 is 5.73 Å². The van der Waals surface area contributed by atoms with Crippen LogP contribution in [0.1, 0.15) is 18.9 Å². The summed E-state index contributed by atoms with van der Waals surface area (Å²) in [4.78, 5) is 8.24. The van der Waals surface area contributed by atoms with E-state index in [0.717, 1.165) is 18.5 Å². The highest BCUT2D eigenvalue weighted by molar-refractivity contribution is 5.32. The Kier molecular flexibility index (Phi) is 3.31. The molecule has 0 aromatic carbocycles. The van der Waals surface area contributed by atoms with Gasteiger partial charge < -0.3 is 10.3 Å². The Bertz CT molecular complexity index is 436. The van der Waals surface area contributed by atoms with Gasteiger partial charge in [0.15, 0.2) is 0 Å². The molecule has 0 bridgehead atoms. The number of pyridine rings is 1. The second-order valence-electron chi connectivity index (χ2n) is 3.89. The smallest absolute Gasteiger partial charge is 0.0992 e. The average molecular weight is 216 g/mol. The molecule has 0 aliphatic carbocycles. The van der Waals surface area contributed by atoms with E-state index in [1.54, 1.807) is 12.5 Å². The zero-order chi connectivity index (χ0) is 11.4. The highest BCUT2D eigenvalue weighted by Gasteiger charge is 2.03. The Morgan fingerprint density at radius 1 is 1.38 bits per heavy atom. The number of hydrogen-bond donors (Lipinski definition) is 1. The fraction of sp³-hybridized carbons (Fsp3) is 0.333. The third-order valence-corrected chi connectivity index (χ3v) is 2.61. The van der Waals surface area contributed by atoms with Gasteiger partial charge in [-0.2, -0.15) is 0 Å². The molecule has 0 saturated heterocycles. The van der Waals surface area contributed by atoms with Crippen molar-refractivity contribution in [1.29, 1.82) is 0 Å². The molecule has 0 radical (unpaired) electrons. The van der Waals surface area contributed by atoms with Gasteiger partial charge in [0.25, 0.3) is 0 Å². The van der Waals surface area contributed by atoms with E-state index in [-0.39, 0.29) is 6.04 Å². The fourth-order valence-electron chi connectivity index (χ4n) is 1.59. The third-order valence-electron chi connectivity index (χ3n) is 2.61. The number of imidazole rings is 1. The van der Waals surface area contributed by atoms with Crippen LogP contribution >= 0.6 is 0 Å². The highest BCUT2D eigenvalue weighted by Crippen LogP contribution is 2.10. The van der Waals surface area contributed by atoms with Gasteiger partial charge in [0, 0.05) is 24.6 Å². The molecule has 2 N–H and O–H groups in total. The van der Waals surface area contributed by atoms with Crippen LogP contribution in [0.15, 0.2) is 37.2 Å². The van der Waals surface area contributed by atoms with E-state index >= 15 is 0 Å². The molecule has 0 saturated carbocycles. The summed E-state index contributed by atoms with van der Waals surface area (Å²) in [5.41, 5.74) is 8.12. The molecule has 2 rings (SSSR count). The minimum Gasteiger partial charge on any atom is -0.327 e. The van der Waals surface area contributed by atoms with E-state index in [9.17, 15) is 0 Å². The second-order valence-corrected chi connectivity index (χ2v) is 3.89. The van der Waals surface area contributed by atoms with Crippen LogP contribution in [0.25, 0.3) is 5.69 Å². The van der Waals surface area contributed by atoms with Crippen molar-refractivity contribution in [3.05, 3.63) is 42.7 Å². The van der Waals surface area contributed by atoms with Crippen molar-refractivity contribution in [2.24, 2.45) is 5.73 Å². The minimum absolute atomic E-state index is 0.208. The number of nitrogens with zero attached hydrogens (tertiary/aromatic N) is 3. The van der Waals surface area contributed by atoms with E-state index in [4.69, 9.17) is 5.73 Å². The molecular weight excluding hydrogens is 200 g/mol. The van der Waals surface area contributed by atoms with Crippen molar-refractivity contribution in [2.75, 3.05) is 0 Å². The molecule has 0 aliphatic rings. The van der Waals surface area contributed by atoms with Crippen molar-refractivity contribution in [3.8, 4) is 5.69 Å². The van der Waals surface area contributed by atoms with Gasteiger partial charge in [0.05, 0.1) is 18.2 Å². The van der Waals surface area contributed by atoms with Gasteiger partial charge in [0.2, 0.25) is 0 Å². The normalized spacial score (nSPS) is 12.6. The number of nitrogens with two attached hydrogens (primary N) is 1. The summed E-state index contributed by atoms with van der Waals surface area (Å²) in [6.45, 7) is 2.10. The van der Waals surface area contributed by atoms with E-state index in [2.05, 4.69) is 23.0 Å². The predicted octanol–water partition coefficient (Wildman–Crippen LogP) is 1.55. The number of hydrogen-bond acceptors (Lipinski definition) is 3. The first-order valence-electron chi connectivity index (χ1n) is 5.47. The summed E-state index contributed by atoms with van der Waals surface area (Å²) in [5.74, 6) is 0. The van der Waals surface area contributed by atoms with Crippen molar-refractivity contribution in [2.45, 2.75) is 25.8 Å². The highest BCUT2D eigenvalue weighted by atomic mass is 15.0. The summed E-state index contributed by atoms with van der Waals surface area (Å²) in [6.07, 6.45) is 11.0. The Labute approximate surface area is 95.1 Å². The van der Waals surface area contributed by atoms with Gasteiger partial charge in [-0.05, 0) is 24.5 Å². The lowest BCUT2D eigenvalue weighted by atomic mass is 10.1. The van der Waals surface area contributed by atoms with Gasteiger partial charge in [-0.15, -0.1) is 0 Å². The van der Waals surface area contributed by atoms with E-state index in [0.29, 0.717) is 0 Å². The SMILES string of the molecule is CCC(N)Cc1cncc(-n2ccnc2)c1. The van der Waals surface area contributed by atoms with Crippen LogP contribution in [-0.4, -0.2) is 20.6 Å². The Balaban J connectivity index is 2.20. The van der Waals surface area contributed by atoms with Crippen molar-refractivity contribution < 1.29 is 0 Å². The first-order chi connectivity index (χ1) is 7.79. The van der Waals surface area contributed by atoms with Crippen LogP contribution in [0.2, 0.25) is 0 Å². The summed E-state index contributed by atoms with van der Waals surface area (Å²) < 4.78 is 1.94. The summed E-state index contributed by atoms with van der Waals surface area (Å²) in [6, 6.07) is 2.31. The summed E-state index contributed by atoms with van der Waals surface area (Å²) in [5, 5.41) is 0. The molecule has 2 aromatic rings. The molecule has 16 heavy (non-hydrogen) atoms. The van der Waals surface area contributed by atoms with Crippen LogP contribution in [0, 0.1) is 0 Å². The Hall–Kier alpha value is -1.68. The molecule has 2 heterocycles. The predicted molar refractivity (Wildman–Crippen MR) is 63.3 cm³/mol. The van der Waals surface area contributed by atoms with Crippen molar-refractivity contribution >= 4 is 0 Å². The molecule has 4 nitrogen and oxygen atoms in total. The van der Waals surface area contributed by atoms with Gasteiger partial charge in [0.1, 0.15) is 0 Å². The number of rotatable bonds is 4. The van der Waals surface area contributed by atoms with Crippen LogP contribution in [0.5, 0.6) is 0 Å². The lowest BCUT2D eigenvalue weighted by Crippen LogP contribution is -2.21. The lowest BCUT2D eigenvalue weighted by Gasteiger charge is -2.09. The van der Waals surface area contributed by atoms with Gasteiger partial charge >= 0.3 is 0 Å². The quantitative estimate of drug-likeness (QED) is 0.843. The first-order valence-corrected chi connectivity index (χ1v) is 5.47. The standard InChI is InChI=1S/C12H16N4/c1-2-11(13)5-10-6-12(8-15-7-10)16-4-3-14-9-16/h3-4,6-9,11H,2,5,13H2,1H3. The largest absolute Gasteiger partial charge is 0.327 e. The second kappa shape index (κ2) is 4.90. The van der Waals surface area contributed by atoms with Crippen molar-refractivity contribution in [3.63, 3.8) is 0 Å². The molecule has 4 heteroatoms.